The number of thioether (sulfide) groups is 1. The number of hydrazine groups is 1. The molecule has 0 spiro atoms. The Kier molecular flexibility index (Phi) is 4.32. The van der Waals surface area contributed by atoms with Gasteiger partial charge in [0.1, 0.15) is 0 Å². The molecular formula is C12H18N2O2S2. The molecule has 0 saturated carbocycles. The average molecular weight is 286 g/mol. The van der Waals surface area contributed by atoms with Gasteiger partial charge >= 0.3 is 0 Å². The predicted octanol–water partition coefficient (Wildman–Crippen LogP) is 1.63. The normalized spacial score (nSPS) is 22.0. The number of hydrogen-bond donors (Lipinski definition) is 1. The van der Waals surface area contributed by atoms with Crippen LogP contribution in [0.5, 0.6) is 0 Å². The maximum absolute atomic E-state index is 12.2. The van der Waals surface area contributed by atoms with Crippen LogP contribution in [0.3, 0.4) is 0 Å². The number of nitrogens with one attached hydrogen (secondary N) is 1. The summed E-state index contributed by atoms with van der Waals surface area (Å²) in [5, 5.41) is 2.25. The van der Waals surface area contributed by atoms with E-state index in [1.165, 1.54) is 0 Å². The molecule has 0 aliphatic carbocycles. The van der Waals surface area contributed by atoms with E-state index in [9.17, 15) is 8.42 Å². The van der Waals surface area contributed by atoms with Crippen LogP contribution in [0.2, 0.25) is 0 Å². The number of nitrogens with zero attached hydrogens (tertiary/aromatic N) is 1. The van der Waals surface area contributed by atoms with Crippen LogP contribution in [0.25, 0.3) is 0 Å². The summed E-state index contributed by atoms with van der Waals surface area (Å²) in [6, 6.07) is 6.89. The van der Waals surface area contributed by atoms with Crippen molar-refractivity contribution in [3.63, 3.8) is 0 Å². The van der Waals surface area contributed by atoms with Gasteiger partial charge in [-0.1, -0.05) is 24.6 Å². The lowest BCUT2D eigenvalue weighted by Crippen LogP contribution is -2.48. The summed E-state index contributed by atoms with van der Waals surface area (Å²) < 4.78 is 24.3. The van der Waals surface area contributed by atoms with Crippen molar-refractivity contribution in [1.29, 1.82) is 0 Å². The van der Waals surface area contributed by atoms with Gasteiger partial charge in [0.2, 0.25) is 0 Å². The summed E-state index contributed by atoms with van der Waals surface area (Å²) in [6.07, 6.45) is 0. The van der Waals surface area contributed by atoms with Crippen molar-refractivity contribution in [2.45, 2.75) is 24.0 Å². The molecule has 0 aromatic heterocycles. The summed E-state index contributed by atoms with van der Waals surface area (Å²) in [4.78, 5) is 2.97. The molecule has 1 aliphatic rings. The van der Waals surface area contributed by atoms with Crippen LogP contribution in [0.4, 0.5) is 0 Å². The molecule has 2 rings (SSSR count). The Morgan fingerprint density at radius 3 is 2.61 bits per heavy atom. The van der Waals surface area contributed by atoms with Gasteiger partial charge in [0, 0.05) is 24.1 Å². The van der Waals surface area contributed by atoms with Gasteiger partial charge in [-0.2, -0.15) is 11.8 Å². The van der Waals surface area contributed by atoms with Crippen LogP contribution >= 0.6 is 11.8 Å². The smallest absolute Gasteiger partial charge is 0.229 e. The second-order valence-electron chi connectivity index (χ2n) is 4.54. The van der Waals surface area contributed by atoms with Crippen molar-refractivity contribution in [1.82, 2.24) is 9.84 Å². The van der Waals surface area contributed by atoms with Gasteiger partial charge < -0.3 is 0 Å². The van der Waals surface area contributed by atoms with Gasteiger partial charge in [0.25, 0.3) is 10.0 Å². The van der Waals surface area contributed by atoms with Gasteiger partial charge in [-0.05, 0) is 19.1 Å². The maximum atomic E-state index is 12.2. The topological polar surface area (TPSA) is 49.4 Å². The summed E-state index contributed by atoms with van der Waals surface area (Å²) in [5.74, 6) is 0.956. The van der Waals surface area contributed by atoms with E-state index in [-0.39, 0.29) is 0 Å². The van der Waals surface area contributed by atoms with Crippen molar-refractivity contribution in [2.75, 3.05) is 18.8 Å². The first-order valence-electron chi connectivity index (χ1n) is 5.93. The fourth-order valence-corrected chi connectivity index (χ4v) is 3.96. The van der Waals surface area contributed by atoms with Crippen LogP contribution in [0.1, 0.15) is 12.5 Å². The predicted molar refractivity (Wildman–Crippen MR) is 75.0 cm³/mol. The molecule has 0 bridgehead atoms. The summed E-state index contributed by atoms with van der Waals surface area (Å²) in [7, 11) is -3.43. The van der Waals surface area contributed by atoms with Crippen LogP contribution in [-0.4, -0.2) is 37.5 Å². The quantitative estimate of drug-likeness (QED) is 0.917. The van der Waals surface area contributed by atoms with Crippen molar-refractivity contribution in [3.8, 4) is 0 Å². The highest BCUT2D eigenvalue weighted by atomic mass is 32.2. The van der Waals surface area contributed by atoms with E-state index in [1.54, 1.807) is 17.1 Å². The lowest BCUT2D eigenvalue weighted by Gasteiger charge is -2.30. The molecule has 6 heteroatoms. The maximum Gasteiger partial charge on any atom is 0.253 e. The molecule has 18 heavy (non-hydrogen) atoms. The van der Waals surface area contributed by atoms with Crippen molar-refractivity contribution >= 4 is 21.8 Å². The standard InChI is InChI=1S/C12H18N2O2S2/c1-10-3-5-12(6-4-10)18(15,16)13-14-7-8-17-11(2)9-14/h3-6,11,13H,7-9H2,1-2H3/t11-/m1/s1. The number of rotatable bonds is 3. The zero-order valence-electron chi connectivity index (χ0n) is 10.6. The molecule has 4 nitrogen and oxygen atoms in total. The van der Waals surface area contributed by atoms with E-state index in [1.807, 2.05) is 30.8 Å². The first-order chi connectivity index (χ1) is 8.47. The molecule has 1 aromatic rings. The van der Waals surface area contributed by atoms with Gasteiger partial charge in [-0.25, -0.2) is 13.4 Å². The molecule has 1 atom stereocenters. The van der Waals surface area contributed by atoms with Crippen LogP contribution < -0.4 is 4.83 Å². The minimum Gasteiger partial charge on any atom is -0.229 e. The van der Waals surface area contributed by atoms with Crippen molar-refractivity contribution in [2.24, 2.45) is 0 Å². The molecule has 0 amide bonds. The fourth-order valence-electron chi connectivity index (χ4n) is 1.84. The van der Waals surface area contributed by atoms with Crippen molar-refractivity contribution in [3.05, 3.63) is 29.8 Å². The van der Waals surface area contributed by atoms with E-state index in [2.05, 4.69) is 11.8 Å². The molecule has 1 aromatic carbocycles. The first kappa shape index (κ1) is 13.9. The van der Waals surface area contributed by atoms with Crippen LogP contribution in [0, 0.1) is 6.92 Å². The van der Waals surface area contributed by atoms with E-state index in [0.29, 0.717) is 10.1 Å². The molecule has 0 unspecified atom stereocenters. The minimum absolute atomic E-state index is 0.318. The van der Waals surface area contributed by atoms with Crippen LogP contribution in [0.15, 0.2) is 29.2 Å². The highest BCUT2D eigenvalue weighted by Crippen LogP contribution is 2.18. The second-order valence-corrected chi connectivity index (χ2v) is 7.74. The third kappa shape index (κ3) is 3.47. The third-order valence-electron chi connectivity index (χ3n) is 2.82. The Bertz CT molecular complexity index is 499. The van der Waals surface area contributed by atoms with Crippen molar-refractivity contribution < 1.29 is 8.42 Å². The van der Waals surface area contributed by atoms with Gasteiger partial charge in [0.05, 0.1) is 4.90 Å². The van der Waals surface area contributed by atoms with E-state index < -0.39 is 10.0 Å². The molecule has 0 radical (unpaired) electrons. The number of hydrogen-bond acceptors (Lipinski definition) is 4. The largest absolute Gasteiger partial charge is 0.253 e. The Morgan fingerprint density at radius 1 is 1.33 bits per heavy atom. The highest BCUT2D eigenvalue weighted by Gasteiger charge is 2.22. The zero-order chi connectivity index (χ0) is 13.2. The Hall–Kier alpha value is -0.560. The molecule has 1 aliphatic heterocycles. The Balaban J connectivity index is 2.09. The number of benzene rings is 1. The molecule has 100 valence electrons. The van der Waals surface area contributed by atoms with E-state index in [4.69, 9.17) is 0 Å². The summed E-state index contributed by atoms with van der Waals surface area (Å²) in [5.41, 5.74) is 1.05. The second kappa shape index (κ2) is 5.61. The average Bonchev–Trinajstić information content (AvgIpc) is 2.29. The SMILES string of the molecule is Cc1ccc(S(=O)(=O)NN2CCS[C@H](C)C2)cc1. The monoisotopic (exact) mass is 286 g/mol. The minimum atomic E-state index is -3.43. The molecule has 1 fully saturated rings. The van der Waals surface area contributed by atoms with Crippen LogP contribution in [-0.2, 0) is 10.0 Å². The molecule has 1 N–H and O–H groups in total. The fraction of sp³-hybridized carbons (Fsp3) is 0.500. The lowest BCUT2D eigenvalue weighted by molar-refractivity contribution is 0.252. The summed E-state index contributed by atoms with van der Waals surface area (Å²) in [6.45, 7) is 5.54. The molecule has 1 saturated heterocycles. The zero-order valence-corrected chi connectivity index (χ0v) is 12.2. The number of aryl methyl sites for hydroxylation is 1. The Morgan fingerprint density at radius 2 is 2.00 bits per heavy atom. The van der Waals surface area contributed by atoms with E-state index >= 15 is 0 Å². The van der Waals surface area contributed by atoms with Gasteiger partial charge in [-0.15, -0.1) is 4.83 Å². The third-order valence-corrected chi connectivity index (χ3v) is 5.35. The first-order valence-corrected chi connectivity index (χ1v) is 8.46. The van der Waals surface area contributed by atoms with Gasteiger partial charge in [-0.3, -0.25) is 0 Å². The van der Waals surface area contributed by atoms with Gasteiger partial charge in [0.15, 0.2) is 0 Å². The highest BCUT2D eigenvalue weighted by molar-refractivity contribution is 8.00. The molecule has 1 heterocycles. The molecular weight excluding hydrogens is 268 g/mol. The van der Waals surface area contributed by atoms with E-state index in [0.717, 1.165) is 24.4 Å². The number of sulfonamides is 1. The summed E-state index contributed by atoms with van der Waals surface area (Å²) >= 11 is 1.87. The Labute approximate surface area is 113 Å². The lowest BCUT2D eigenvalue weighted by atomic mass is 10.2.